The van der Waals surface area contributed by atoms with Crippen LogP contribution in [0.5, 0.6) is 0 Å². The first-order chi connectivity index (χ1) is 6.69. The van der Waals surface area contributed by atoms with Crippen molar-refractivity contribution < 1.29 is 10.4 Å². The highest BCUT2D eigenvalue weighted by atomic mass is 16.8. The molecule has 0 fully saturated rings. The Morgan fingerprint density at radius 1 is 1.36 bits per heavy atom. The van der Waals surface area contributed by atoms with Gasteiger partial charge < -0.3 is 0 Å². The number of benzene rings is 1. The Balaban J connectivity index is 3.17. The van der Waals surface area contributed by atoms with Crippen LogP contribution in [0.4, 0.5) is 5.69 Å². The summed E-state index contributed by atoms with van der Waals surface area (Å²) in [5.41, 5.74) is 1.98. The second-order valence-corrected chi connectivity index (χ2v) is 2.81. The Labute approximate surface area is 83.1 Å². The van der Waals surface area contributed by atoms with Gasteiger partial charge in [-0.15, -0.1) is 5.23 Å². The topological polar surface area (TPSA) is 43.7 Å². The highest BCUT2D eigenvalue weighted by Crippen LogP contribution is 2.21. The van der Waals surface area contributed by atoms with Gasteiger partial charge in [-0.1, -0.05) is 30.9 Å². The minimum Gasteiger partial charge on any atom is -0.264 e. The standard InChI is InChI=1S/C11H13NO2/c1-3-5-9-6-7-11(12(13)14)10(4-2)8-9/h3-8,13-14H,2H2,1H3. The monoisotopic (exact) mass is 191 g/mol. The van der Waals surface area contributed by atoms with E-state index in [4.69, 9.17) is 10.4 Å². The molecule has 74 valence electrons. The largest absolute Gasteiger partial charge is 0.264 e. The van der Waals surface area contributed by atoms with Crippen molar-refractivity contribution in [2.24, 2.45) is 0 Å². The summed E-state index contributed by atoms with van der Waals surface area (Å²) < 4.78 is 0. The van der Waals surface area contributed by atoms with Crippen LogP contribution in [-0.4, -0.2) is 10.4 Å². The normalized spacial score (nSPS) is 10.5. The lowest BCUT2D eigenvalue weighted by atomic mass is 10.1. The van der Waals surface area contributed by atoms with Crippen LogP contribution in [0.2, 0.25) is 0 Å². The SMILES string of the molecule is C=Cc1cc(C=CC)ccc1N(O)O. The third-order valence-corrected chi connectivity index (χ3v) is 1.85. The van der Waals surface area contributed by atoms with Crippen molar-refractivity contribution in [1.29, 1.82) is 0 Å². The summed E-state index contributed by atoms with van der Waals surface area (Å²) in [6.07, 6.45) is 5.41. The first kappa shape index (κ1) is 10.5. The van der Waals surface area contributed by atoms with Gasteiger partial charge in [-0.2, -0.15) is 0 Å². The molecule has 0 saturated carbocycles. The first-order valence-corrected chi connectivity index (χ1v) is 4.26. The lowest BCUT2D eigenvalue weighted by Gasteiger charge is -2.11. The van der Waals surface area contributed by atoms with Gasteiger partial charge >= 0.3 is 0 Å². The highest BCUT2D eigenvalue weighted by molar-refractivity contribution is 5.68. The van der Waals surface area contributed by atoms with Gasteiger partial charge in [-0.3, -0.25) is 10.4 Å². The molecule has 0 atom stereocenters. The van der Waals surface area contributed by atoms with Crippen molar-refractivity contribution in [2.45, 2.75) is 6.92 Å². The molecule has 0 aliphatic heterocycles. The van der Waals surface area contributed by atoms with Gasteiger partial charge in [-0.25, -0.2) is 0 Å². The van der Waals surface area contributed by atoms with Gasteiger partial charge in [0.15, 0.2) is 0 Å². The van der Waals surface area contributed by atoms with E-state index in [2.05, 4.69) is 6.58 Å². The summed E-state index contributed by atoms with van der Waals surface area (Å²) >= 11 is 0. The van der Waals surface area contributed by atoms with Crippen LogP contribution in [-0.2, 0) is 0 Å². The van der Waals surface area contributed by atoms with Crippen LogP contribution in [0, 0.1) is 0 Å². The molecule has 1 aromatic rings. The predicted octanol–water partition coefficient (Wildman–Crippen LogP) is 2.95. The number of anilines is 1. The summed E-state index contributed by atoms with van der Waals surface area (Å²) in [6, 6.07) is 5.23. The zero-order valence-corrected chi connectivity index (χ0v) is 8.01. The minimum absolute atomic E-state index is 0.0937. The molecule has 3 nitrogen and oxygen atoms in total. The molecule has 0 radical (unpaired) electrons. The Hall–Kier alpha value is -1.58. The summed E-state index contributed by atoms with van der Waals surface area (Å²) in [4.78, 5) is 0. The van der Waals surface area contributed by atoms with E-state index in [1.165, 1.54) is 0 Å². The second kappa shape index (κ2) is 4.60. The fraction of sp³-hybridized carbons (Fsp3) is 0.0909. The maximum Gasteiger partial charge on any atom is 0.101 e. The molecule has 3 heteroatoms. The molecule has 0 spiro atoms. The van der Waals surface area contributed by atoms with Crippen molar-refractivity contribution in [3.05, 3.63) is 42.0 Å². The Kier molecular flexibility index (Phi) is 3.45. The molecular weight excluding hydrogens is 178 g/mol. The van der Waals surface area contributed by atoms with Crippen LogP contribution in [0.15, 0.2) is 30.9 Å². The number of allylic oxidation sites excluding steroid dienone is 1. The number of nitrogens with zero attached hydrogens (tertiary/aromatic N) is 1. The highest BCUT2D eigenvalue weighted by Gasteiger charge is 2.04. The average Bonchev–Trinajstić information content (AvgIpc) is 2.17. The number of hydrogen-bond acceptors (Lipinski definition) is 3. The Morgan fingerprint density at radius 3 is 2.57 bits per heavy atom. The van der Waals surface area contributed by atoms with E-state index >= 15 is 0 Å². The lowest BCUT2D eigenvalue weighted by Crippen LogP contribution is -2.12. The summed E-state index contributed by atoms with van der Waals surface area (Å²) in [7, 11) is 0. The van der Waals surface area contributed by atoms with Crippen LogP contribution >= 0.6 is 0 Å². The van der Waals surface area contributed by atoms with Crippen LogP contribution in [0.25, 0.3) is 12.2 Å². The van der Waals surface area contributed by atoms with E-state index in [0.717, 1.165) is 5.56 Å². The molecule has 0 aliphatic rings. The third kappa shape index (κ3) is 2.22. The number of rotatable bonds is 3. The maximum absolute atomic E-state index is 8.88. The van der Waals surface area contributed by atoms with Crippen LogP contribution in [0.1, 0.15) is 18.1 Å². The molecule has 2 N–H and O–H groups in total. The maximum atomic E-state index is 8.88. The van der Waals surface area contributed by atoms with Gasteiger partial charge in [0.2, 0.25) is 0 Å². The van der Waals surface area contributed by atoms with Crippen LogP contribution in [0.3, 0.4) is 0 Å². The molecule has 0 unspecified atom stereocenters. The van der Waals surface area contributed by atoms with Crippen molar-refractivity contribution in [3.8, 4) is 0 Å². The minimum atomic E-state index is 0.0937. The molecule has 1 aromatic carbocycles. The van der Waals surface area contributed by atoms with Gasteiger partial charge in [0.1, 0.15) is 5.69 Å². The summed E-state index contributed by atoms with van der Waals surface area (Å²) in [5.74, 6) is 0. The molecule has 1 rings (SSSR count). The van der Waals surface area contributed by atoms with Crippen molar-refractivity contribution in [3.63, 3.8) is 0 Å². The molecule has 14 heavy (non-hydrogen) atoms. The van der Waals surface area contributed by atoms with E-state index in [-0.39, 0.29) is 5.23 Å². The molecule has 0 heterocycles. The molecule has 0 saturated heterocycles. The van der Waals surface area contributed by atoms with E-state index in [0.29, 0.717) is 11.3 Å². The van der Waals surface area contributed by atoms with Gasteiger partial charge in [0.25, 0.3) is 0 Å². The molecule has 0 aromatic heterocycles. The molecule has 0 amide bonds. The van der Waals surface area contributed by atoms with E-state index < -0.39 is 0 Å². The molecular formula is C11H13NO2. The van der Waals surface area contributed by atoms with Gasteiger partial charge in [0, 0.05) is 5.56 Å². The van der Waals surface area contributed by atoms with Crippen molar-refractivity contribution >= 4 is 17.8 Å². The van der Waals surface area contributed by atoms with Gasteiger partial charge in [0.05, 0.1) is 0 Å². The fourth-order valence-corrected chi connectivity index (χ4v) is 1.21. The summed E-state index contributed by atoms with van der Waals surface area (Å²) in [5, 5.41) is 17.9. The van der Waals surface area contributed by atoms with Crippen molar-refractivity contribution in [1.82, 2.24) is 0 Å². The second-order valence-electron chi connectivity index (χ2n) is 2.81. The van der Waals surface area contributed by atoms with Gasteiger partial charge in [-0.05, 0) is 24.6 Å². The smallest absolute Gasteiger partial charge is 0.101 e. The fourth-order valence-electron chi connectivity index (χ4n) is 1.21. The molecule has 0 aliphatic carbocycles. The average molecular weight is 191 g/mol. The number of hydrogen-bond donors (Lipinski definition) is 2. The van der Waals surface area contributed by atoms with E-state index in [1.54, 1.807) is 18.2 Å². The zero-order valence-electron chi connectivity index (χ0n) is 8.01. The predicted molar refractivity (Wildman–Crippen MR) is 57.3 cm³/mol. The third-order valence-electron chi connectivity index (χ3n) is 1.85. The zero-order chi connectivity index (χ0) is 10.6. The first-order valence-electron chi connectivity index (χ1n) is 4.26. The Bertz CT molecular complexity index is 356. The summed E-state index contributed by atoms with van der Waals surface area (Å²) in [6.45, 7) is 5.52. The van der Waals surface area contributed by atoms with Crippen molar-refractivity contribution in [2.75, 3.05) is 5.23 Å². The quantitative estimate of drug-likeness (QED) is 0.722. The van der Waals surface area contributed by atoms with E-state index in [9.17, 15) is 0 Å². The van der Waals surface area contributed by atoms with E-state index in [1.807, 2.05) is 25.1 Å². The Morgan fingerprint density at radius 2 is 2.07 bits per heavy atom. The molecule has 0 bridgehead atoms. The van der Waals surface area contributed by atoms with Crippen LogP contribution < -0.4 is 5.23 Å². The lowest BCUT2D eigenvalue weighted by molar-refractivity contribution is 0.0290.